The van der Waals surface area contributed by atoms with Gasteiger partial charge in [0, 0.05) is 11.8 Å². The number of nitro groups is 1. The predicted octanol–water partition coefficient (Wildman–Crippen LogP) is 2.62. The average Bonchev–Trinajstić information content (AvgIpc) is 2.54. The van der Waals surface area contributed by atoms with Crippen molar-refractivity contribution in [3.8, 4) is 11.8 Å². The molecule has 0 radical (unpaired) electrons. The van der Waals surface area contributed by atoms with Crippen molar-refractivity contribution in [3.63, 3.8) is 0 Å². The quantitative estimate of drug-likeness (QED) is 0.674. The van der Waals surface area contributed by atoms with Crippen LogP contribution in [-0.4, -0.2) is 17.4 Å². The van der Waals surface area contributed by atoms with Gasteiger partial charge in [-0.05, 0) is 30.3 Å². The third-order valence-electron chi connectivity index (χ3n) is 2.76. The van der Waals surface area contributed by atoms with E-state index in [2.05, 4.69) is 5.32 Å². The van der Waals surface area contributed by atoms with Crippen LogP contribution in [0.25, 0.3) is 0 Å². The minimum absolute atomic E-state index is 0.0810. The Morgan fingerprint density at radius 2 is 2.13 bits per heavy atom. The first-order valence-corrected chi connectivity index (χ1v) is 6.36. The van der Waals surface area contributed by atoms with Crippen molar-refractivity contribution in [2.45, 2.75) is 0 Å². The number of carbonyl (C=O) groups excluding carboxylic acids is 1. The van der Waals surface area contributed by atoms with Gasteiger partial charge in [-0.3, -0.25) is 14.9 Å². The smallest absolute Gasteiger partial charge is 0.306 e. The summed E-state index contributed by atoms with van der Waals surface area (Å²) in [4.78, 5) is 21.5. The largest absolute Gasteiger partial charge is 0.484 e. The molecule has 7 nitrogen and oxygen atoms in total. The van der Waals surface area contributed by atoms with Crippen molar-refractivity contribution >= 4 is 17.3 Å². The van der Waals surface area contributed by atoms with Crippen molar-refractivity contribution < 1.29 is 18.8 Å². The Bertz CT molecular complexity index is 802. The second-order valence-corrected chi connectivity index (χ2v) is 4.40. The molecule has 2 aromatic carbocycles. The van der Waals surface area contributed by atoms with Crippen LogP contribution >= 0.6 is 0 Å². The molecule has 0 aliphatic carbocycles. The molecule has 1 N–H and O–H groups in total. The molecule has 8 heteroatoms. The molecular weight excluding hydrogens is 305 g/mol. The lowest BCUT2D eigenvalue weighted by Gasteiger charge is -2.07. The average molecular weight is 315 g/mol. The summed E-state index contributed by atoms with van der Waals surface area (Å²) in [5.74, 6) is -1.23. The van der Waals surface area contributed by atoms with E-state index in [0.717, 1.165) is 12.1 Å². The summed E-state index contributed by atoms with van der Waals surface area (Å²) in [7, 11) is 0. The van der Waals surface area contributed by atoms with Crippen LogP contribution in [0.2, 0.25) is 0 Å². The summed E-state index contributed by atoms with van der Waals surface area (Å²) in [5, 5.41) is 21.8. The van der Waals surface area contributed by atoms with Gasteiger partial charge in [-0.2, -0.15) is 9.65 Å². The van der Waals surface area contributed by atoms with E-state index in [1.165, 1.54) is 12.1 Å². The Balaban J connectivity index is 1.98. The normalized spacial score (nSPS) is 9.74. The fourth-order valence-electron chi connectivity index (χ4n) is 1.73. The highest BCUT2D eigenvalue weighted by Gasteiger charge is 2.15. The van der Waals surface area contributed by atoms with Crippen LogP contribution in [0.15, 0.2) is 42.5 Å². The fraction of sp³-hybridized carbons (Fsp3) is 0.0667. The first-order valence-electron chi connectivity index (χ1n) is 6.36. The number of carbonyl (C=O) groups is 1. The fourth-order valence-corrected chi connectivity index (χ4v) is 1.73. The SMILES string of the molecule is N#Cc1cccc(OCC(=O)Nc2ccc(F)c([N+](=O)[O-])c2)c1. The molecule has 0 aliphatic heterocycles. The number of nitrogens with zero attached hydrogens (tertiary/aromatic N) is 2. The number of rotatable bonds is 5. The molecule has 0 saturated carbocycles. The lowest BCUT2D eigenvalue weighted by molar-refractivity contribution is -0.387. The van der Waals surface area contributed by atoms with E-state index in [-0.39, 0.29) is 12.3 Å². The van der Waals surface area contributed by atoms with Crippen LogP contribution in [0.5, 0.6) is 5.75 Å². The molecule has 116 valence electrons. The number of amides is 1. The number of hydrogen-bond acceptors (Lipinski definition) is 5. The van der Waals surface area contributed by atoms with Gasteiger partial charge in [0.15, 0.2) is 6.61 Å². The monoisotopic (exact) mass is 315 g/mol. The molecule has 0 bridgehead atoms. The standard InChI is InChI=1S/C15H10FN3O4/c16-13-5-4-11(7-14(13)19(21)22)18-15(20)9-23-12-3-1-2-10(6-12)8-17/h1-7H,9H2,(H,18,20). The first kappa shape index (κ1) is 15.9. The van der Waals surface area contributed by atoms with E-state index in [0.29, 0.717) is 11.3 Å². The van der Waals surface area contributed by atoms with E-state index in [1.807, 2.05) is 6.07 Å². The van der Waals surface area contributed by atoms with Gasteiger partial charge >= 0.3 is 5.69 Å². The van der Waals surface area contributed by atoms with E-state index < -0.39 is 22.3 Å². The lowest BCUT2D eigenvalue weighted by atomic mass is 10.2. The van der Waals surface area contributed by atoms with Crippen molar-refractivity contribution in [1.82, 2.24) is 0 Å². The van der Waals surface area contributed by atoms with Crippen molar-refractivity contribution in [2.24, 2.45) is 0 Å². The maximum Gasteiger partial charge on any atom is 0.306 e. The molecule has 0 heterocycles. The number of nitriles is 1. The number of benzene rings is 2. The highest BCUT2D eigenvalue weighted by Crippen LogP contribution is 2.21. The summed E-state index contributed by atoms with van der Waals surface area (Å²) in [6.07, 6.45) is 0. The molecule has 0 saturated heterocycles. The number of anilines is 1. The molecule has 0 atom stereocenters. The van der Waals surface area contributed by atoms with Gasteiger partial charge in [0.25, 0.3) is 5.91 Å². The molecule has 0 fully saturated rings. The molecule has 2 aromatic rings. The molecular formula is C15H10FN3O4. The third-order valence-corrected chi connectivity index (χ3v) is 2.76. The number of nitrogens with one attached hydrogen (secondary N) is 1. The van der Waals surface area contributed by atoms with E-state index in [9.17, 15) is 19.3 Å². The summed E-state index contributed by atoms with van der Waals surface area (Å²) >= 11 is 0. The lowest BCUT2D eigenvalue weighted by Crippen LogP contribution is -2.20. The molecule has 0 aromatic heterocycles. The molecule has 0 aliphatic rings. The van der Waals surface area contributed by atoms with Crippen LogP contribution in [0.3, 0.4) is 0 Å². The van der Waals surface area contributed by atoms with Crippen LogP contribution in [0.4, 0.5) is 15.8 Å². The van der Waals surface area contributed by atoms with Gasteiger partial charge in [0.1, 0.15) is 5.75 Å². The number of halogens is 1. The van der Waals surface area contributed by atoms with Crippen molar-refractivity contribution in [1.29, 1.82) is 5.26 Å². The van der Waals surface area contributed by atoms with Crippen LogP contribution in [0.1, 0.15) is 5.56 Å². The Morgan fingerprint density at radius 1 is 1.35 bits per heavy atom. The van der Waals surface area contributed by atoms with Crippen molar-refractivity contribution in [3.05, 3.63) is 64.0 Å². The second kappa shape index (κ2) is 7.00. The van der Waals surface area contributed by atoms with Gasteiger partial charge in [-0.1, -0.05) is 6.07 Å². The number of ether oxygens (including phenoxy) is 1. The molecule has 23 heavy (non-hydrogen) atoms. The van der Waals surface area contributed by atoms with Gasteiger partial charge < -0.3 is 10.1 Å². The van der Waals surface area contributed by atoms with E-state index in [1.54, 1.807) is 18.2 Å². The number of hydrogen-bond donors (Lipinski definition) is 1. The zero-order valence-electron chi connectivity index (χ0n) is 11.7. The zero-order valence-corrected chi connectivity index (χ0v) is 11.7. The molecule has 1 amide bonds. The Morgan fingerprint density at radius 3 is 2.83 bits per heavy atom. The first-order chi connectivity index (χ1) is 11.0. The van der Waals surface area contributed by atoms with Crippen LogP contribution < -0.4 is 10.1 Å². The summed E-state index contributed by atoms with van der Waals surface area (Å²) < 4.78 is 18.4. The van der Waals surface area contributed by atoms with Crippen LogP contribution in [-0.2, 0) is 4.79 Å². The highest BCUT2D eigenvalue weighted by atomic mass is 19.1. The number of nitro benzene ring substituents is 1. The highest BCUT2D eigenvalue weighted by molar-refractivity contribution is 5.92. The summed E-state index contributed by atoms with van der Waals surface area (Å²) in [6.45, 7) is -0.361. The maximum absolute atomic E-state index is 13.2. The van der Waals surface area contributed by atoms with Crippen molar-refractivity contribution in [2.75, 3.05) is 11.9 Å². The predicted molar refractivity (Wildman–Crippen MR) is 78.3 cm³/mol. The minimum atomic E-state index is -0.988. The Labute approximate surface area is 130 Å². The van der Waals surface area contributed by atoms with Gasteiger partial charge in [-0.25, -0.2) is 0 Å². The topological polar surface area (TPSA) is 105 Å². The summed E-state index contributed by atoms with van der Waals surface area (Å²) in [6, 6.07) is 11.2. The summed E-state index contributed by atoms with van der Waals surface area (Å²) in [5.41, 5.74) is -0.264. The Hall–Kier alpha value is -3.47. The minimum Gasteiger partial charge on any atom is -0.484 e. The van der Waals surface area contributed by atoms with E-state index >= 15 is 0 Å². The van der Waals surface area contributed by atoms with Gasteiger partial charge in [0.2, 0.25) is 5.82 Å². The molecule has 0 spiro atoms. The second-order valence-electron chi connectivity index (χ2n) is 4.40. The third kappa shape index (κ3) is 4.25. The molecule has 0 unspecified atom stereocenters. The molecule has 2 rings (SSSR count). The zero-order chi connectivity index (χ0) is 16.8. The van der Waals surface area contributed by atoms with Gasteiger partial charge in [-0.15, -0.1) is 0 Å². The van der Waals surface area contributed by atoms with E-state index in [4.69, 9.17) is 10.00 Å². The van der Waals surface area contributed by atoms with Crippen LogP contribution in [0, 0.1) is 27.3 Å². The van der Waals surface area contributed by atoms with Gasteiger partial charge in [0.05, 0.1) is 16.6 Å². The Kier molecular flexibility index (Phi) is 4.84. The maximum atomic E-state index is 13.2.